The molecule has 7 nitrogen and oxygen atoms in total. The van der Waals surface area contributed by atoms with Crippen molar-refractivity contribution in [3.63, 3.8) is 0 Å². The van der Waals surface area contributed by atoms with E-state index in [9.17, 15) is 5.11 Å². The van der Waals surface area contributed by atoms with Gasteiger partial charge in [-0.15, -0.1) is 0 Å². The summed E-state index contributed by atoms with van der Waals surface area (Å²) in [5.41, 5.74) is 1.56. The minimum Gasteiger partial charge on any atom is -0.391 e. The Kier molecular flexibility index (Phi) is 3.47. The molecule has 0 aromatic carbocycles. The summed E-state index contributed by atoms with van der Waals surface area (Å²) >= 11 is 0. The fourth-order valence-corrected chi connectivity index (χ4v) is 2.60. The lowest BCUT2D eigenvalue weighted by molar-refractivity contribution is 0.198. The monoisotopic (exact) mass is 309 g/mol. The summed E-state index contributed by atoms with van der Waals surface area (Å²) in [7, 11) is 0. The van der Waals surface area contributed by atoms with Crippen molar-refractivity contribution in [2.45, 2.75) is 12.5 Å². The second kappa shape index (κ2) is 5.77. The van der Waals surface area contributed by atoms with E-state index in [4.69, 9.17) is 4.52 Å². The minimum atomic E-state index is -0.269. The van der Waals surface area contributed by atoms with Crippen LogP contribution in [0.15, 0.2) is 47.4 Å². The maximum Gasteiger partial charge on any atom is 0.259 e. The van der Waals surface area contributed by atoms with Gasteiger partial charge in [-0.2, -0.15) is 4.98 Å². The van der Waals surface area contributed by atoms with Crippen LogP contribution in [0.25, 0.3) is 22.8 Å². The molecule has 1 saturated heterocycles. The number of aliphatic hydroxyl groups is 1. The Morgan fingerprint density at radius 1 is 1.17 bits per heavy atom. The van der Waals surface area contributed by atoms with Crippen molar-refractivity contribution in [3.8, 4) is 22.8 Å². The Labute approximate surface area is 132 Å². The Hall–Kier alpha value is -2.80. The Morgan fingerprint density at radius 2 is 2.13 bits per heavy atom. The third kappa shape index (κ3) is 2.78. The molecule has 1 atom stereocenters. The Balaban J connectivity index is 1.56. The van der Waals surface area contributed by atoms with Crippen LogP contribution in [-0.2, 0) is 0 Å². The first-order chi connectivity index (χ1) is 11.3. The summed E-state index contributed by atoms with van der Waals surface area (Å²) < 4.78 is 5.31. The number of pyridine rings is 2. The number of rotatable bonds is 3. The van der Waals surface area contributed by atoms with Crippen LogP contribution in [0.5, 0.6) is 0 Å². The van der Waals surface area contributed by atoms with Crippen molar-refractivity contribution in [3.05, 3.63) is 42.9 Å². The molecule has 1 aliphatic rings. The zero-order chi connectivity index (χ0) is 15.6. The topological polar surface area (TPSA) is 88.2 Å². The predicted octanol–water partition coefficient (Wildman–Crippen LogP) is 1.76. The highest BCUT2D eigenvalue weighted by Gasteiger charge is 2.21. The summed E-state index contributed by atoms with van der Waals surface area (Å²) in [5.74, 6) is 1.77. The van der Waals surface area contributed by atoms with Crippen LogP contribution in [0.1, 0.15) is 6.42 Å². The maximum atomic E-state index is 9.60. The molecule has 4 heterocycles. The third-order valence-electron chi connectivity index (χ3n) is 3.83. The number of hydrogen-bond acceptors (Lipinski definition) is 7. The lowest BCUT2D eigenvalue weighted by Gasteiger charge is -2.16. The second-order valence-electron chi connectivity index (χ2n) is 5.46. The van der Waals surface area contributed by atoms with E-state index >= 15 is 0 Å². The fraction of sp³-hybridized carbons (Fsp3) is 0.250. The standard InChI is InChI=1S/C16H15N5O2/c22-13-5-7-21(10-13)14-4-3-12(9-18-14)16-19-15(20-23-16)11-2-1-6-17-8-11/h1-4,6,8-9,13,22H,5,7,10H2. The molecule has 3 aromatic rings. The van der Waals surface area contributed by atoms with Gasteiger partial charge in [0.1, 0.15) is 5.82 Å². The molecule has 23 heavy (non-hydrogen) atoms. The summed E-state index contributed by atoms with van der Waals surface area (Å²) in [6.07, 6.45) is 5.61. The first kappa shape index (κ1) is 13.8. The molecule has 0 aliphatic carbocycles. The Bertz CT molecular complexity index is 788. The van der Waals surface area contributed by atoms with Crippen molar-refractivity contribution in [1.82, 2.24) is 20.1 Å². The number of β-amino-alcohol motifs (C(OH)–C–C–N with tert-alkyl or cyclic N) is 1. The second-order valence-corrected chi connectivity index (χ2v) is 5.46. The van der Waals surface area contributed by atoms with Gasteiger partial charge in [-0.1, -0.05) is 5.16 Å². The summed E-state index contributed by atoms with van der Waals surface area (Å²) in [4.78, 5) is 14.9. The molecule has 1 fully saturated rings. The average Bonchev–Trinajstić information content (AvgIpc) is 3.25. The van der Waals surface area contributed by atoms with Crippen LogP contribution >= 0.6 is 0 Å². The molecule has 3 aromatic heterocycles. The highest BCUT2D eigenvalue weighted by molar-refractivity contribution is 5.59. The van der Waals surface area contributed by atoms with Crippen molar-refractivity contribution < 1.29 is 9.63 Å². The van der Waals surface area contributed by atoms with E-state index in [0.717, 1.165) is 29.9 Å². The van der Waals surface area contributed by atoms with Crippen molar-refractivity contribution in [2.24, 2.45) is 0 Å². The van der Waals surface area contributed by atoms with Gasteiger partial charge in [-0.25, -0.2) is 4.98 Å². The maximum absolute atomic E-state index is 9.60. The van der Waals surface area contributed by atoms with E-state index in [1.807, 2.05) is 24.3 Å². The van der Waals surface area contributed by atoms with Gasteiger partial charge in [-0.3, -0.25) is 4.98 Å². The van der Waals surface area contributed by atoms with Crippen LogP contribution in [0.4, 0.5) is 5.82 Å². The zero-order valence-electron chi connectivity index (χ0n) is 12.3. The number of aromatic nitrogens is 4. The summed E-state index contributed by atoms with van der Waals surface area (Å²) in [6.45, 7) is 1.44. The molecule has 1 N–H and O–H groups in total. The van der Waals surface area contributed by atoms with Crippen LogP contribution in [0, 0.1) is 0 Å². The molecule has 0 spiro atoms. The molecular formula is C16H15N5O2. The Morgan fingerprint density at radius 3 is 2.83 bits per heavy atom. The highest BCUT2D eigenvalue weighted by atomic mass is 16.5. The van der Waals surface area contributed by atoms with Crippen LogP contribution < -0.4 is 4.90 Å². The molecule has 1 unspecified atom stereocenters. The lowest BCUT2D eigenvalue weighted by atomic mass is 10.2. The zero-order valence-corrected chi connectivity index (χ0v) is 12.3. The van der Waals surface area contributed by atoms with E-state index in [1.165, 1.54) is 0 Å². The molecule has 116 valence electrons. The number of nitrogens with zero attached hydrogens (tertiary/aromatic N) is 5. The number of hydrogen-bond donors (Lipinski definition) is 1. The quantitative estimate of drug-likeness (QED) is 0.788. The highest BCUT2D eigenvalue weighted by Crippen LogP contribution is 2.24. The van der Waals surface area contributed by atoms with E-state index in [0.29, 0.717) is 18.3 Å². The molecule has 0 saturated carbocycles. The summed E-state index contributed by atoms with van der Waals surface area (Å²) in [5, 5.41) is 13.6. The van der Waals surface area contributed by atoms with E-state index < -0.39 is 0 Å². The van der Waals surface area contributed by atoms with Gasteiger partial charge < -0.3 is 14.5 Å². The van der Waals surface area contributed by atoms with Gasteiger partial charge in [0.2, 0.25) is 5.82 Å². The van der Waals surface area contributed by atoms with Gasteiger partial charge >= 0.3 is 0 Å². The largest absolute Gasteiger partial charge is 0.391 e. The minimum absolute atomic E-state index is 0.269. The molecule has 7 heteroatoms. The van der Waals surface area contributed by atoms with Crippen LogP contribution in [0.3, 0.4) is 0 Å². The van der Waals surface area contributed by atoms with Gasteiger partial charge in [0.05, 0.1) is 11.7 Å². The molecular weight excluding hydrogens is 294 g/mol. The molecule has 0 amide bonds. The SMILES string of the molecule is OC1CCN(c2ccc(-c3nc(-c4cccnc4)no3)cn2)C1. The normalized spacial score (nSPS) is 17.6. The lowest BCUT2D eigenvalue weighted by Crippen LogP contribution is -2.21. The number of aliphatic hydroxyl groups excluding tert-OH is 1. The first-order valence-electron chi connectivity index (χ1n) is 7.43. The third-order valence-corrected chi connectivity index (χ3v) is 3.83. The molecule has 0 radical (unpaired) electrons. The average molecular weight is 309 g/mol. The fourth-order valence-electron chi connectivity index (χ4n) is 2.60. The van der Waals surface area contributed by atoms with E-state index in [-0.39, 0.29) is 6.10 Å². The van der Waals surface area contributed by atoms with Crippen LogP contribution in [0.2, 0.25) is 0 Å². The predicted molar refractivity (Wildman–Crippen MR) is 83.6 cm³/mol. The smallest absolute Gasteiger partial charge is 0.259 e. The van der Waals surface area contributed by atoms with E-state index in [2.05, 4.69) is 25.0 Å². The molecule has 1 aliphatic heterocycles. The van der Waals surface area contributed by atoms with Crippen molar-refractivity contribution in [1.29, 1.82) is 0 Å². The number of anilines is 1. The van der Waals surface area contributed by atoms with Gasteiger partial charge in [-0.05, 0) is 30.7 Å². The van der Waals surface area contributed by atoms with Crippen LogP contribution in [-0.4, -0.2) is 44.4 Å². The van der Waals surface area contributed by atoms with Crippen molar-refractivity contribution >= 4 is 5.82 Å². The van der Waals surface area contributed by atoms with Gasteiger partial charge in [0.15, 0.2) is 0 Å². The van der Waals surface area contributed by atoms with Crippen molar-refractivity contribution in [2.75, 3.05) is 18.0 Å². The molecule has 4 rings (SSSR count). The summed E-state index contributed by atoms with van der Waals surface area (Å²) in [6, 6.07) is 7.50. The first-order valence-corrected chi connectivity index (χ1v) is 7.43. The van der Waals surface area contributed by atoms with Gasteiger partial charge in [0, 0.05) is 37.2 Å². The molecule has 0 bridgehead atoms. The van der Waals surface area contributed by atoms with Gasteiger partial charge in [0.25, 0.3) is 5.89 Å². The van der Waals surface area contributed by atoms with E-state index in [1.54, 1.807) is 18.6 Å².